The maximum atomic E-state index is 12.5. The lowest BCUT2D eigenvalue weighted by Crippen LogP contribution is -2.01. The molecule has 0 aromatic carbocycles. The molecular weight excluding hydrogens is 261 g/mol. The molecule has 0 atom stereocenters. The van der Waals surface area contributed by atoms with Gasteiger partial charge in [0.05, 0.1) is 17.3 Å². The van der Waals surface area contributed by atoms with Crippen LogP contribution in [0, 0.1) is 11.3 Å². The fraction of sp³-hybridized carbons (Fsp3) is 0.0833. The number of aromatic amines is 1. The van der Waals surface area contributed by atoms with Crippen molar-refractivity contribution in [2.45, 2.75) is 0 Å². The number of halogens is 1. The summed E-state index contributed by atoms with van der Waals surface area (Å²) in [5, 5.41) is 20.5. The predicted molar refractivity (Wildman–Crippen MR) is 69.5 cm³/mol. The summed E-state index contributed by atoms with van der Waals surface area (Å²) >= 11 is 0. The highest BCUT2D eigenvalue weighted by molar-refractivity contribution is 5.60. The Morgan fingerprint density at radius 1 is 1.60 bits per heavy atom. The lowest BCUT2D eigenvalue weighted by Gasteiger charge is -1.98. The minimum atomic E-state index is -0.723. The molecule has 0 aliphatic heterocycles. The number of nitrogens with one attached hydrogen (secondary N) is 1. The van der Waals surface area contributed by atoms with Gasteiger partial charge in [0, 0.05) is 12.4 Å². The second kappa shape index (κ2) is 6.19. The summed E-state index contributed by atoms with van der Waals surface area (Å²) in [6.07, 6.45) is 7.19. The molecule has 2 heterocycles. The molecule has 7 nitrogen and oxygen atoms in total. The molecule has 0 saturated carbocycles. The van der Waals surface area contributed by atoms with Crippen LogP contribution in [0.3, 0.4) is 0 Å². The van der Waals surface area contributed by atoms with Crippen LogP contribution in [0.15, 0.2) is 42.8 Å². The second-order valence-corrected chi connectivity index (χ2v) is 3.54. The Balaban J connectivity index is 2.37. The number of allylic oxidation sites excluding steroid dienone is 5. The Hall–Kier alpha value is -3.08. The van der Waals surface area contributed by atoms with Gasteiger partial charge in [0.2, 0.25) is 5.82 Å². The standard InChI is InChI=1S/C12H10FN7/c1-2-9(8-14)7-10(3-4-13)20-18-12(17-19-20)11-15-5-6-16-11/h2-3,5-7H,1,4H2,(H,15,16)/b9-7+,10-3+. The first-order chi connectivity index (χ1) is 9.78. The number of aromatic nitrogens is 6. The Bertz CT molecular complexity index is 688. The van der Waals surface area contributed by atoms with E-state index in [1.54, 1.807) is 12.4 Å². The third-order valence-corrected chi connectivity index (χ3v) is 2.29. The van der Waals surface area contributed by atoms with Gasteiger partial charge in [-0.1, -0.05) is 12.7 Å². The molecule has 0 bridgehead atoms. The van der Waals surface area contributed by atoms with Crippen LogP contribution in [-0.4, -0.2) is 36.8 Å². The van der Waals surface area contributed by atoms with Crippen molar-refractivity contribution in [3.05, 3.63) is 42.8 Å². The van der Waals surface area contributed by atoms with E-state index in [1.165, 1.54) is 18.2 Å². The van der Waals surface area contributed by atoms with Crippen molar-refractivity contribution < 1.29 is 4.39 Å². The third-order valence-electron chi connectivity index (χ3n) is 2.29. The Labute approximate surface area is 113 Å². The molecule has 100 valence electrons. The molecule has 0 spiro atoms. The highest BCUT2D eigenvalue weighted by Crippen LogP contribution is 2.11. The zero-order valence-corrected chi connectivity index (χ0v) is 10.4. The quantitative estimate of drug-likeness (QED) is 0.656. The summed E-state index contributed by atoms with van der Waals surface area (Å²) in [5.74, 6) is 0.717. The molecule has 0 aliphatic carbocycles. The van der Waals surface area contributed by atoms with Crippen LogP contribution in [0.2, 0.25) is 0 Å². The summed E-state index contributed by atoms with van der Waals surface area (Å²) in [6, 6.07) is 1.92. The number of H-pyrrole nitrogens is 1. The van der Waals surface area contributed by atoms with Crippen molar-refractivity contribution in [3.8, 4) is 17.7 Å². The zero-order chi connectivity index (χ0) is 14.4. The van der Waals surface area contributed by atoms with Gasteiger partial charge in [-0.2, -0.15) is 5.26 Å². The van der Waals surface area contributed by atoms with E-state index in [2.05, 4.69) is 32.0 Å². The van der Waals surface area contributed by atoms with Gasteiger partial charge in [0.15, 0.2) is 5.82 Å². The van der Waals surface area contributed by atoms with E-state index in [1.807, 2.05) is 6.07 Å². The first-order valence-corrected chi connectivity index (χ1v) is 5.59. The molecule has 0 radical (unpaired) electrons. The van der Waals surface area contributed by atoms with E-state index in [0.29, 0.717) is 5.82 Å². The van der Waals surface area contributed by atoms with E-state index in [4.69, 9.17) is 5.26 Å². The predicted octanol–water partition coefficient (Wildman–Crippen LogP) is 1.51. The van der Waals surface area contributed by atoms with Crippen LogP contribution in [0.1, 0.15) is 0 Å². The van der Waals surface area contributed by atoms with Crippen molar-refractivity contribution in [1.82, 2.24) is 30.2 Å². The zero-order valence-electron chi connectivity index (χ0n) is 10.4. The van der Waals surface area contributed by atoms with Gasteiger partial charge in [0.1, 0.15) is 6.67 Å². The van der Waals surface area contributed by atoms with E-state index < -0.39 is 6.67 Å². The summed E-state index contributed by atoms with van der Waals surface area (Å²) in [6.45, 7) is 2.77. The van der Waals surface area contributed by atoms with Gasteiger partial charge in [-0.25, -0.2) is 9.37 Å². The topological polar surface area (TPSA) is 96.1 Å². The van der Waals surface area contributed by atoms with Crippen molar-refractivity contribution in [2.75, 3.05) is 6.67 Å². The van der Waals surface area contributed by atoms with Crippen molar-refractivity contribution in [2.24, 2.45) is 0 Å². The molecular formula is C12H10FN7. The normalized spacial score (nSPS) is 12.2. The van der Waals surface area contributed by atoms with Gasteiger partial charge >= 0.3 is 0 Å². The number of tetrazole rings is 1. The average Bonchev–Trinajstić information content (AvgIpc) is 3.13. The third kappa shape index (κ3) is 2.84. The number of hydrogen-bond donors (Lipinski definition) is 1. The van der Waals surface area contributed by atoms with Crippen molar-refractivity contribution in [1.29, 1.82) is 5.26 Å². The minimum Gasteiger partial charge on any atom is -0.342 e. The van der Waals surface area contributed by atoms with Gasteiger partial charge in [-0.3, -0.25) is 0 Å². The lowest BCUT2D eigenvalue weighted by atomic mass is 10.2. The average molecular weight is 271 g/mol. The largest absolute Gasteiger partial charge is 0.342 e. The molecule has 0 aliphatic rings. The first kappa shape index (κ1) is 13.4. The molecule has 0 unspecified atom stereocenters. The summed E-state index contributed by atoms with van der Waals surface area (Å²) < 4.78 is 12.5. The van der Waals surface area contributed by atoms with Crippen LogP contribution in [0.4, 0.5) is 4.39 Å². The number of nitrogens with zero attached hydrogens (tertiary/aromatic N) is 6. The monoisotopic (exact) mass is 271 g/mol. The summed E-state index contributed by atoms with van der Waals surface area (Å²) in [4.78, 5) is 7.94. The first-order valence-electron chi connectivity index (χ1n) is 5.59. The highest BCUT2D eigenvalue weighted by Gasteiger charge is 2.10. The van der Waals surface area contributed by atoms with Crippen molar-refractivity contribution in [3.63, 3.8) is 0 Å². The van der Waals surface area contributed by atoms with Crippen LogP contribution in [-0.2, 0) is 0 Å². The molecule has 0 saturated heterocycles. The van der Waals surface area contributed by atoms with E-state index >= 15 is 0 Å². The van der Waals surface area contributed by atoms with Crippen LogP contribution in [0.5, 0.6) is 0 Å². The maximum absolute atomic E-state index is 12.5. The number of imidazole rings is 1. The number of nitriles is 1. The van der Waals surface area contributed by atoms with Gasteiger partial charge in [0.25, 0.3) is 0 Å². The van der Waals surface area contributed by atoms with Crippen LogP contribution >= 0.6 is 0 Å². The molecule has 8 heteroatoms. The Morgan fingerprint density at radius 2 is 2.45 bits per heavy atom. The van der Waals surface area contributed by atoms with E-state index in [9.17, 15) is 4.39 Å². The lowest BCUT2D eigenvalue weighted by molar-refractivity contribution is 0.560. The number of rotatable bonds is 5. The fourth-order valence-corrected chi connectivity index (χ4v) is 1.38. The molecule has 2 aromatic heterocycles. The molecule has 20 heavy (non-hydrogen) atoms. The summed E-state index contributed by atoms with van der Waals surface area (Å²) in [7, 11) is 0. The van der Waals surface area contributed by atoms with E-state index in [-0.39, 0.29) is 17.1 Å². The molecule has 0 amide bonds. The van der Waals surface area contributed by atoms with Crippen molar-refractivity contribution >= 4 is 5.70 Å². The Kier molecular flexibility index (Phi) is 4.14. The SMILES string of the molecule is C=C/C(C#N)=C\C(=C/CF)n1nnc(-c2ncc[nH]2)n1. The van der Waals surface area contributed by atoms with Gasteiger partial charge in [-0.05, 0) is 17.4 Å². The molecule has 0 fully saturated rings. The number of hydrogen-bond acceptors (Lipinski definition) is 5. The van der Waals surface area contributed by atoms with Crippen LogP contribution in [0.25, 0.3) is 17.3 Å². The smallest absolute Gasteiger partial charge is 0.240 e. The van der Waals surface area contributed by atoms with Gasteiger partial charge in [-0.15, -0.1) is 15.0 Å². The fourth-order valence-electron chi connectivity index (χ4n) is 1.38. The highest BCUT2D eigenvalue weighted by atomic mass is 19.1. The van der Waals surface area contributed by atoms with Crippen LogP contribution < -0.4 is 0 Å². The van der Waals surface area contributed by atoms with E-state index in [0.717, 1.165) is 4.80 Å². The summed E-state index contributed by atoms with van der Waals surface area (Å²) in [5.41, 5.74) is 0.552. The molecule has 2 rings (SSSR count). The molecule has 1 N–H and O–H groups in total. The van der Waals surface area contributed by atoms with Gasteiger partial charge < -0.3 is 4.98 Å². The Morgan fingerprint density at radius 3 is 3.05 bits per heavy atom. The minimum absolute atomic E-state index is 0.265. The second-order valence-electron chi connectivity index (χ2n) is 3.54. The molecule has 2 aromatic rings. The number of alkyl halides is 1. The maximum Gasteiger partial charge on any atom is 0.240 e.